The number of fused-ring (bicyclic) bond motifs is 1. The van der Waals surface area contributed by atoms with Crippen molar-refractivity contribution in [1.29, 1.82) is 0 Å². The number of hydrogen-bond acceptors (Lipinski definition) is 4. The number of amides is 1. The highest BCUT2D eigenvalue weighted by atomic mass is 28.4. The first-order chi connectivity index (χ1) is 17.1. The van der Waals surface area contributed by atoms with Gasteiger partial charge in [-0.2, -0.15) is 0 Å². The maximum atomic E-state index is 13.6. The highest BCUT2D eigenvalue weighted by Gasteiger charge is 2.53. The summed E-state index contributed by atoms with van der Waals surface area (Å²) in [5, 5.41) is 3.85. The van der Waals surface area contributed by atoms with Crippen LogP contribution in [0.2, 0.25) is 18.1 Å². The third kappa shape index (κ3) is 5.99. The van der Waals surface area contributed by atoms with Gasteiger partial charge in [-0.05, 0) is 48.0 Å². The summed E-state index contributed by atoms with van der Waals surface area (Å²) in [5.74, 6) is 0.442. The van der Waals surface area contributed by atoms with E-state index in [-0.39, 0.29) is 24.2 Å². The lowest BCUT2D eigenvalue weighted by Gasteiger charge is -2.35. The molecule has 1 aliphatic heterocycles. The molecular weight excluding hydrogens is 452 g/mol. The van der Waals surface area contributed by atoms with Gasteiger partial charge in [-0.15, -0.1) is 0 Å². The number of nitrogens with zero attached hydrogens (tertiary/aromatic N) is 1. The summed E-state index contributed by atoms with van der Waals surface area (Å²) in [5.41, 5.74) is 2.29. The van der Waals surface area contributed by atoms with Crippen molar-refractivity contribution in [3.63, 3.8) is 0 Å². The zero-order valence-electron chi connectivity index (χ0n) is 21.6. The fourth-order valence-electron chi connectivity index (χ4n) is 6.12. The average Bonchev–Trinajstić information content (AvgIpc) is 3.49. The molecular formula is C29H42N2O3Si. The molecule has 1 heterocycles. The molecule has 190 valence electrons. The van der Waals surface area contributed by atoms with E-state index in [1.165, 1.54) is 5.56 Å². The van der Waals surface area contributed by atoms with Crippen LogP contribution in [0.3, 0.4) is 0 Å². The number of rotatable bonds is 11. The smallest absolute Gasteiger partial charge is 0.410 e. The number of carbonyl (C=O) groups excluding carboxylic acids is 1. The van der Waals surface area contributed by atoms with Gasteiger partial charge in [-0.25, -0.2) is 4.79 Å². The minimum absolute atomic E-state index is 0.00573. The first-order valence-corrected chi connectivity index (χ1v) is 16.0. The van der Waals surface area contributed by atoms with E-state index < -0.39 is 8.32 Å². The van der Waals surface area contributed by atoms with E-state index in [0.29, 0.717) is 19.1 Å². The first-order valence-electron chi connectivity index (χ1n) is 13.5. The van der Waals surface area contributed by atoms with Crippen molar-refractivity contribution < 1.29 is 14.0 Å². The Balaban J connectivity index is 1.54. The molecule has 0 spiro atoms. The van der Waals surface area contributed by atoms with Crippen LogP contribution in [-0.2, 0) is 22.3 Å². The molecule has 1 saturated heterocycles. The summed E-state index contributed by atoms with van der Waals surface area (Å²) in [6.07, 6.45) is 3.16. The van der Waals surface area contributed by atoms with Gasteiger partial charge in [0.1, 0.15) is 6.61 Å². The molecule has 4 rings (SSSR count). The van der Waals surface area contributed by atoms with Crippen molar-refractivity contribution in [2.24, 2.45) is 5.92 Å². The largest absolute Gasteiger partial charge is 0.445 e. The van der Waals surface area contributed by atoms with Gasteiger partial charge in [0.05, 0.1) is 12.6 Å². The molecule has 2 aliphatic rings. The lowest BCUT2D eigenvalue weighted by molar-refractivity contribution is 0.0627. The van der Waals surface area contributed by atoms with Crippen molar-refractivity contribution in [2.45, 2.75) is 89.4 Å². The van der Waals surface area contributed by atoms with Crippen LogP contribution < -0.4 is 5.32 Å². The Morgan fingerprint density at radius 2 is 1.57 bits per heavy atom. The quantitative estimate of drug-likeness (QED) is 0.370. The number of carbonyl (C=O) groups is 1. The molecule has 1 aliphatic carbocycles. The molecule has 1 N–H and O–H groups in total. The molecule has 0 radical (unpaired) electrons. The van der Waals surface area contributed by atoms with Gasteiger partial charge >= 0.3 is 6.09 Å². The topological polar surface area (TPSA) is 50.8 Å². The number of ether oxygens (including phenoxy) is 1. The maximum absolute atomic E-state index is 13.6. The molecule has 0 unspecified atom stereocenters. The lowest BCUT2D eigenvalue weighted by Crippen LogP contribution is -2.52. The molecule has 2 aromatic carbocycles. The van der Waals surface area contributed by atoms with Crippen molar-refractivity contribution in [2.75, 3.05) is 6.61 Å². The predicted octanol–water partition coefficient (Wildman–Crippen LogP) is 6.36. The van der Waals surface area contributed by atoms with Crippen LogP contribution in [-0.4, -0.2) is 44.0 Å². The molecule has 1 saturated carbocycles. The Hall–Kier alpha value is -2.15. The molecule has 2 fully saturated rings. The second kappa shape index (κ2) is 12.2. The molecule has 2 aromatic rings. The number of benzene rings is 2. The first kappa shape index (κ1) is 25.9. The van der Waals surface area contributed by atoms with Gasteiger partial charge in [-0.3, -0.25) is 4.90 Å². The Labute approximate surface area is 212 Å². The molecule has 0 bridgehead atoms. The van der Waals surface area contributed by atoms with Crippen LogP contribution >= 0.6 is 0 Å². The third-order valence-corrected chi connectivity index (χ3v) is 13.1. The third-order valence-electron chi connectivity index (χ3n) is 8.42. The van der Waals surface area contributed by atoms with Crippen LogP contribution in [0.15, 0.2) is 60.7 Å². The monoisotopic (exact) mass is 494 g/mol. The average molecular weight is 495 g/mol. The Kier molecular flexibility index (Phi) is 9.03. The minimum Gasteiger partial charge on any atom is -0.445 e. The van der Waals surface area contributed by atoms with E-state index in [1.54, 1.807) is 0 Å². The minimum atomic E-state index is -1.78. The standard InChI is InChI=1S/C29H42N2O3Si/c1-4-35(5-2,6-3)34-22-27-28(30-20-23-14-9-7-10-15-23)25-18-13-19-26(25)31(27)29(32)33-21-24-16-11-8-12-17-24/h7-12,14-17,25-28,30H,4-6,13,18-22H2,1-3H3/t25-,26+,27-,28-/m0/s1. The summed E-state index contributed by atoms with van der Waals surface area (Å²) in [6.45, 7) is 8.50. The molecule has 5 nitrogen and oxygen atoms in total. The normalized spacial score (nSPS) is 23.9. The Morgan fingerprint density at radius 3 is 2.20 bits per heavy atom. The van der Waals surface area contributed by atoms with Crippen LogP contribution in [0, 0.1) is 5.92 Å². The summed E-state index contributed by atoms with van der Waals surface area (Å²) < 4.78 is 12.7. The van der Waals surface area contributed by atoms with Gasteiger partial charge < -0.3 is 14.5 Å². The van der Waals surface area contributed by atoms with Gasteiger partial charge in [-0.1, -0.05) is 87.9 Å². The van der Waals surface area contributed by atoms with Crippen LogP contribution in [0.1, 0.15) is 51.2 Å². The molecule has 6 heteroatoms. The summed E-state index contributed by atoms with van der Waals surface area (Å²) >= 11 is 0. The SMILES string of the molecule is CC[Si](CC)(CC)OC[C@H]1[C@@H](NCc2ccccc2)[C@H]2CCC[C@H]2N1C(=O)OCc1ccccc1. The van der Waals surface area contributed by atoms with E-state index in [4.69, 9.17) is 9.16 Å². The van der Waals surface area contributed by atoms with Crippen molar-refractivity contribution in [1.82, 2.24) is 10.2 Å². The maximum Gasteiger partial charge on any atom is 0.410 e. The number of likely N-dealkylation sites (tertiary alicyclic amines) is 1. The fourth-order valence-corrected chi connectivity index (χ4v) is 8.76. The Morgan fingerprint density at radius 1 is 0.943 bits per heavy atom. The highest BCUT2D eigenvalue weighted by molar-refractivity contribution is 6.73. The van der Waals surface area contributed by atoms with Crippen LogP contribution in [0.25, 0.3) is 0 Å². The Bertz CT molecular complexity index is 914. The van der Waals surface area contributed by atoms with E-state index in [0.717, 1.165) is 49.5 Å². The number of nitrogens with one attached hydrogen (secondary N) is 1. The zero-order chi connectivity index (χ0) is 24.7. The molecule has 4 atom stereocenters. The van der Waals surface area contributed by atoms with Crippen LogP contribution in [0.5, 0.6) is 0 Å². The van der Waals surface area contributed by atoms with E-state index in [1.807, 2.05) is 30.3 Å². The zero-order valence-corrected chi connectivity index (χ0v) is 22.6. The molecule has 1 amide bonds. The highest BCUT2D eigenvalue weighted by Crippen LogP contribution is 2.42. The van der Waals surface area contributed by atoms with E-state index in [9.17, 15) is 4.79 Å². The van der Waals surface area contributed by atoms with E-state index in [2.05, 4.69) is 61.3 Å². The molecule has 0 aromatic heterocycles. The summed E-state index contributed by atoms with van der Waals surface area (Å²) in [6, 6.07) is 24.3. The van der Waals surface area contributed by atoms with Crippen LogP contribution in [0.4, 0.5) is 4.79 Å². The van der Waals surface area contributed by atoms with E-state index >= 15 is 0 Å². The van der Waals surface area contributed by atoms with Gasteiger partial charge in [0, 0.05) is 18.6 Å². The van der Waals surface area contributed by atoms with Gasteiger partial charge in [0.2, 0.25) is 0 Å². The van der Waals surface area contributed by atoms with Crippen molar-refractivity contribution in [3.05, 3.63) is 71.8 Å². The predicted molar refractivity (Wildman–Crippen MR) is 144 cm³/mol. The van der Waals surface area contributed by atoms with Crippen molar-refractivity contribution in [3.8, 4) is 0 Å². The van der Waals surface area contributed by atoms with Gasteiger partial charge in [0.25, 0.3) is 0 Å². The second-order valence-electron chi connectivity index (χ2n) is 10.1. The summed E-state index contributed by atoms with van der Waals surface area (Å²) in [7, 11) is -1.78. The van der Waals surface area contributed by atoms with Crippen molar-refractivity contribution >= 4 is 14.4 Å². The fraction of sp³-hybridized carbons (Fsp3) is 0.552. The summed E-state index contributed by atoms with van der Waals surface area (Å²) in [4.78, 5) is 15.6. The molecule has 35 heavy (non-hydrogen) atoms. The lowest BCUT2D eigenvalue weighted by atomic mass is 9.95. The number of hydrogen-bond donors (Lipinski definition) is 1. The second-order valence-corrected chi connectivity index (χ2v) is 14.9. The van der Waals surface area contributed by atoms with Gasteiger partial charge in [0.15, 0.2) is 8.32 Å².